The van der Waals surface area contributed by atoms with Crippen molar-refractivity contribution in [2.45, 2.75) is 18.7 Å². The maximum absolute atomic E-state index is 12.3. The highest BCUT2D eigenvalue weighted by molar-refractivity contribution is 8.17. The van der Waals surface area contributed by atoms with E-state index in [4.69, 9.17) is 10.7 Å². The molecule has 0 saturated carbocycles. The summed E-state index contributed by atoms with van der Waals surface area (Å²) in [4.78, 5) is 0.388. The molecule has 0 bridgehead atoms. The van der Waals surface area contributed by atoms with Crippen LogP contribution in [0.2, 0.25) is 0 Å². The summed E-state index contributed by atoms with van der Waals surface area (Å²) >= 11 is 0. The van der Waals surface area contributed by atoms with E-state index in [1.54, 1.807) is 25.1 Å². The van der Waals surface area contributed by atoms with Gasteiger partial charge in [0.1, 0.15) is 0 Å². The van der Waals surface area contributed by atoms with Crippen LogP contribution in [0.15, 0.2) is 32.9 Å². The topological polar surface area (TPSA) is 63.6 Å². The number of benzene rings is 1. The lowest BCUT2D eigenvalue weighted by Gasteiger charge is -2.06. The summed E-state index contributed by atoms with van der Waals surface area (Å²) in [5.41, 5.74) is 0.890. The van der Waals surface area contributed by atoms with Crippen LogP contribution >= 0.6 is 10.7 Å². The zero-order valence-corrected chi connectivity index (χ0v) is 11.3. The molecule has 0 aliphatic heterocycles. The van der Waals surface area contributed by atoms with Crippen molar-refractivity contribution in [3.63, 3.8) is 0 Å². The molecule has 0 radical (unpaired) electrons. The van der Waals surface area contributed by atoms with Crippen molar-refractivity contribution in [1.82, 2.24) is 0 Å². The van der Waals surface area contributed by atoms with Crippen LogP contribution in [-0.4, -0.2) is 18.4 Å². The van der Waals surface area contributed by atoms with Gasteiger partial charge in [0.15, 0.2) is 0 Å². The molecule has 7 heteroatoms. The van der Waals surface area contributed by atoms with E-state index in [0.29, 0.717) is 4.90 Å². The zero-order valence-electron chi connectivity index (χ0n) is 8.88. The van der Waals surface area contributed by atoms with Crippen LogP contribution in [0.5, 0.6) is 0 Å². The highest BCUT2D eigenvalue weighted by Gasteiger charge is 2.15. The van der Waals surface area contributed by atoms with Gasteiger partial charge in [0.25, 0.3) is 0 Å². The van der Waals surface area contributed by atoms with Crippen LogP contribution in [0.25, 0.3) is 0 Å². The first-order valence-electron chi connectivity index (χ1n) is 4.54. The molecule has 1 aromatic carbocycles. The number of halogens is 1. The monoisotopic (exact) mass is 281 g/mol. The molecule has 1 rings (SSSR count). The molecule has 0 heterocycles. The Bertz CT molecular complexity index is 601. The largest absolute Gasteiger partial charge is 0.347 e. The summed E-state index contributed by atoms with van der Waals surface area (Å²) in [6, 6.07) is 6.77. The van der Waals surface area contributed by atoms with E-state index in [1.165, 1.54) is 0 Å². The summed E-state index contributed by atoms with van der Waals surface area (Å²) < 4.78 is 37.3. The lowest BCUT2D eigenvalue weighted by atomic mass is 10.2. The molecule has 0 aliphatic rings. The Labute approximate surface area is 100 Å². The van der Waals surface area contributed by atoms with E-state index in [0.717, 1.165) is 5.56 Å². The second-order valence-corrected chi connectivity index (χ2v) is 8.15. The molecular weight excluding hydrogens is 270 g/mol. The van der Waals surface area contributed by atoms with Crippen LogP contribution in [0.3, 0.4) is 0 Å². The number of nitrogens with zero attached hydrogens (tertiary/aromatic N) is 1. The zero-order chi connectivity index (χ0) is 12.4. The minimum absolute atomic E-state index is 0.0996. The summed E-state index contributed by atoms with van der Waals surface area (Å²) in [7, 11) is -2.10. The summed E-state index contributed by atoms with van der Waals surface area (Å²) in [5, 5.41) is 0. The van der Waals surface area contributed by atoms with Gasteiger partial charge in [0.2, 0.25) is 0 Å². The van der Waals surface area contributed by atoms with Gasteiger partial charge in [0.05, 0.1) is 9.73 Å². The second kappa shape index (κ2) is 4.73. The molecular formula is C9H12ClNO3S2. The van der Waals surface area contributed by atoms with Crippen LogP contribution in [0.4, 0.5) is 0 Å². The first kappa shape index (κ1) is 13.5. The Hall–Kier alpha value is -0.590. The molecule has 0 spiro atoms. The van der Waals surface area contributed by atoms with E-state index in [-0.39, 0.29) is 5.75 Å². The van der Waals surface area contributed by atoms with E-state index in [2.05, 4.69) is 3.77 Å². The predicted octanol–water partition coefficient (Wildman–Crippen LogP) is 2.33. The van der Waals surface area contributed by atoms with Crippen molar-refractivity contribution in [3.05, 3.63) is 29.8 Å². The average Bonchev–Trinajstić information content (AvgIpc) is 2.15. The number of hydrogen-bond donors (Lipinski definition) is 0. The maximum Gasteiger partial charge on any atom is 0.347 e. The Morgan fingerprint density at radius 3 is 2.38 bits per heavy atom. The maximum atomic E-state index is 12.3. The van der Waals surface area contributed by atoms with Gasteiger partial charge >= 0.3 is 9.24 Å². The predicted molar refractivity (Wildman–Crippen MR) is 65.3 cm³/mol. The van der Waals surface area contributed by atoms with E-state index >= 15 is 0 Å². The van der Waals surface area contributed by atoms with Gasteiger partial charge < -0.3 is 0 Å². The fourth-order valence-electron chi connectivity index (χ4n) is 1.22. The van der Waals surface area contributed by atoms with Crippen molar-refractivity contribution < 1.29 is 12.6 Å². The highest BCUT2D eigenvalue weighted by Crippen LogP contribution is 2.18. The van der Waals surface area contributed by atoms with Gasteiger partial charge in [-0.1, -0.05) is 22.8 Å². The van der Waals surface area contributed by atoms with Crippen molar-refractivity contribution in [2.75, 3.05) is 5.75 Å². The Balaban J connectivity index is 3.50. The molecule has 0 amide bonds. The first-order valence-corrected chi connectivity index (χ1v) is 8.49. The fourth-order valence-corrected chi connectivity index (χ4v) is 4.95. The molecule has 0 fully saturated rings. The Kier molecular flexibility index (Phi) is 3.98. The molecule has 0 saturated heterocycles. The highest BCUT2D eigenvalue weighted by atomic mass is 35.7. The van der Waals surface area contributed by atoms with Gasteiger partial charge in [-0.15, -0.1) is 0 Å². The van der Waals surface area contributed by atoms with Crippen LogP contribution in [0.1, 0.15) is 12.5 Å². The molecule has 1 aromatic rings. The van der Waals surface area contributed by atoms with Crippen LogP contribution in [0, 0.1) is 6.92 Å². The minimum Gasteiger partial charge on any atom is -0.244 e. The molecule has 0 unspecified atom stereocenters. The third-order valence-corrected chi connectivity index (χ3v) is 5.91. The number of aryl methyl sites for hydroxylation is 1. The first-order chi connectivity index (χ1) is 7.27. The van der Waals surface area contributed by atoms with Crippen molar-refractivity contribution >= 4 is 29.6 Å². The Morgan fingerprint density at radius 1 is 1.31 bits per heavy atom. The van der Waals surface area contributed by atoms with Gasteiger partial charge in [-0.3, -0.25) is 0 Å². The number of rotatable bonds is 3. The van der Waals surface area contributed by atoms with Gasteiger partial charge in [-0.05, 0) is 24.6 Å². The lowest BCUT2D eigenvalue weighted by molar-refractivity contribution is 0.611. The summed E-state index contributed by atoms with van der Waals surface area (Å²) in [6.07, 6.45) is 0. The molecule has 4 nitrogen and oxygen atoms in total. The molecule has 0 N–H and O–H groups in total. The van der Waals surface area contributed by atoms with E-state index in [9.17, 15) is 12.6 Å². The molecule has 0 aromatic heterocycles. The molecule has 0 aliphatic carbocycles. The van der Waals surface area contributed by atoms with Crippen LogP contribution in [-0.2, 0) is 19.0 Å². The molecule has 1 atom stereocenters. The average molecular weight is 282 g/mol. The van der Waals surface area contributed by atoms with Gasteiger partial charge in [-0.25, -0.2) is 4.21 Å². The van der Waals surface area contributed by atoms with Crippen molar-refractivity contribution in [3.8, 4) is 0 Å². The van der Waals surface area contributed by atoms with E-state index < -0.39 is 19.0 Å². The lowest BCUT2D eigenvalue weighted by Crippen LogP contribution is -2.06. The normalized spacial score (nSPS) is 15.4. The molecule has 90 valence electrons. The second-order valence-electron chi connectivity index (χ2n) is 3.23. The standard InChI is InChI=1S/C9H12ClNO3S2/c1-3-15(12,11-16(10,13)14)9-6-4-5-8(2)7-9/h4-7H,3H2,1-2H3/t15-/m0/s1. The third kappa shape index (κ3) is 3.47. The third-order valence-electron chi connectivity index (χ3n) is 1.96. The summed E-state index contributed by atoms with van der Waals surface area (Å²) in [6.45, 7) is 3.43. The number of hydrogen-bond acceptors (Lipinski definition) is 3. The SMILES string of the molecule is CC[S@@](=O)(=NS(=O)(=O)Cl)c1cccc(C)c1. The smallest absolute Gasteiger partial charge is 0.244 e. The van der Waals surface area contributed by atoms with E-state index in [1.807, 2.05) is 13.0 Å². The summed E-state index contributed by atoms with van der Waals surface area (Å²) in [5.74, 6) is 0.0996. The minimum atomic E-state index is -4.13. The van der Waals surface area contributed by atoms with Crippen LogP contribution < -0.4 is 0 Å². The van der Waals surface area contributed by atoms with Crippen molar-refractivity contribution in [2.24, 2.45) is 3.77 Å². The Morgan fingerprint density at radius 2 is 1.94 bits per heavy atom. The van der Waals surface area contributed by atoms with Gasteiger partial charge in [0, 0.05) is 21.3 Å². The fraction of sp³-hybridized carbons (Fsp3) is 0.333. The van der Waals surface area contributed by atoms with Crippen molar-refractivity contribution in [1.29, 1.82) is 0 Å². The quantitative estimate of drug-likeness (QED) is 0.799. The van der Waals surface area contributed by atoms with Gasteiger partial charge in [-0.2, -0.15) is 8.42 Å². The molecule has 16 heavy (non-hydrogen) atoms.